The van der Waals surface area contributed by atoms with Crippen molar-refractivity contribution in [2.24, 2.45) is 0 Å². The van der Waals surface area contributed by atoms with Crippen molar-refractivity contribution >= 4 is 44.0 Å². The van der Waals surface area contributed by atoms with E-state index in [1.807, 2.05) is 42.8 Å². The van der Waals surface area contributed by atoms with Crippen molar-refractivity contribution in [1.29, 1.82) is 0 Å². The number of hydrogen-bond acceptors (Lipinski definition) is 4. The third-order valence-corrected chi connectivity index (χ3v) is 4.00. The van der Waals surface area contributed by atoms with Crippen LogP contribution in [0.1, 0.15) is 0 Å². The van der Waals surface area contributed by atoms with Gasteiger partial charge in [0, 0.05) is 16.9 Å². The van der Waals surface area contributed by atoms with E-state index in [1.54, 1.807) is 11.3 Å². The molecular formula is C13H10BrN3S. The van der Waals surface area contributed by atoms with Gasteiger partial charge in [-0.15, -0.1) is 11.3 Å². The lowest BCUT2D eigenvalue weighted by molar-refractivity contribution is 1.22. The van der Waals surface area contributed by atoms with Crippen LogP contribution in [0.2, 0.25) is 0 Å². The number of nitrogens with zero attached hydrogens (tertiary/aromatic N) is 2. The molecule has 0 saturated heterocycles. The van der Waals surface area contributed by atoms with E-state index in [4.69, 9.17) is 0 Å². The molecular weight excluding hydrogens is 310 g/mol. The lowest BCUT2D eigenvalue weighted by Crippen LogP contribution is -1.98. The average molecular weight is 320 g/mol. The van der Waals surface area contributed by atoms with Gasteiger partial charge in [-0.05, 0) is 29.6 Å². The lowest BCUT2D eigenvalue weighted by atomic mass is 10.2. The van der Waals surface area contributed by atoms with E-state index in [-0.39, 0.29) is 0 Å². The molecule has 1 N–H and O–H groups in total. The fourth-order valence-corrected chi connectivity index (χ4v) is 2.83. The largest absolute Gasteiger partial charge is 0.373 e. The number of halogens is 1. The lowest BCUT2D eigenvalue weighted by Gasteiger charge is -2.07. The number of hydrogen-bond donors (Lipinski definition) is 1. The predicted octanol–water partition coefficient (Wildman–Crippen LogP) is 4.16. The summed E-state index contributed by atoms with van der Waals surface area (Å²) >= 11 is 5.12. The van der Waals surface area contributed by atoms with Crippen LogP contribution in [0.4, 0.5) is 5.82 Å². The van der Waals surface area contributed by atoms with Gasteiger partial charge in [-0.1, -0.05) is 22.0 Å². The molecule has 3 nitrogen and oxygen atoms in total. The van der Waals surface area contributed by atoms with Crippen LogP contribution in [0.3, 0.4) is 0 Å². The summed E-state index contributed by atoms with van der Waals surface area (Å²) in [6, 6.07) is 10.1. The second-order valence-corrected chi connectivity index (χ2v) is 5.65. The van der Waals surface area contributed by atoms with Crippen LogP contribution in [-0.4, -0.2) is 17.0 Å². The molecule has 0 unspecified atom stereocenters. The Kier molecular flexibility index (Phi) is 3.01. The molecule has 3 aromatic rings. The van der Waals surface area contributed by atoms with Gasteiger partial charge in [0.15, 0.2) is 5.82 Å². The summed E-state index contributed by atoms with van der Waals surface area (Å²) in [5, 5.41) is 6.18. The van der Waals surface area contributed by atoms with Crippen molar-refractivity contribution in [3.05, 3.63) is 40.2 Å². The summed E-state index contributed by atoms with van der Waals surface area (Å²) in [6.45, 7) is 0. The quantitative estimate of drug-likeness (QED) is 0.770. The minimum Gasteiger partial charge on any atom is -0.373 e. The maximum absolute atomic E-state index is 4.61. The molecule has 2 aromatic heterocycles. The molecule has 0 amide bonds. The number of aromatic nitrogens is 2. The molecule has 0 saturated carbocycles. The van der Waals surface area contributed by atoms with Gasteiger partial charge in [-0.25, -0.2) is 9.97 Å². The zero-order valence-corrected chi connectivity index (χ0v) is 12.0. The highest BCUT2D eigenvalue weighted by atomic mass is 79.9. The van der Waals surface area contributed by atoms with Gasteiger partial charge in [0.05, 0.1) is 10.4 Å². The molecule has 90 valence electrons. The highest BCUT2D eigenvalue weighted by molar-refractivity contribution is 9.10. The first-order chi connectivity index (χ1) is 8.78. The molecule has 18 heavy (non-hydrogen) atoms. The zero-order valence-electron chi connectivity index (χ0n) is 9.64. The summed E-state index contributed by atoms with van der Waals surface area (Å²) < 4.78 is 1.03. The molecule has 0 aliphatic carbocycles. The molecule has 0 radical (unpaired) electrons. The van der Waals surface area contributed by atoms with E-state index >= 15 is 0 Å². The molecule has 0 aliphatic rings. The smallest absolute Gasteiger partial charge is 0.172 e. The Morgan fingerprint density at radius 2 is 2.11 bits per heavy atom. The number of nitrogens with one attached hydrogen (secondary N) is 1. The van der Waals surface area contributed by atoms with Crippen molar-refractivity contribution in [2.45, 2.75) is 0 Å². The summed E-state index contributed by atoms with van der Waals surface area (Å²) in [5.74, 6) is 1.62. The molecule has 1 aromatic carbocycles. The maximum Gasteiger partial charge on any atom is 0.172 e. The second kappa shape index (κ2) is 4.66. The molecule has 0 aliphatic heterocycles. The minimum absolute atomic E-state index is 0.768. The van der Waals surface area contributed by atoms with Gasteiger partial charge in [0.1, 0.15) is 5.82 Å². The number of fused-ring (bicyclic) bond motifs is 1. The average Bonchev–Trinajstić information content (AvgIpc) is 2.91. The third kappa shape index (κ3) is 2.00. The van der Waals surface area contributed by atoms with Gasteiger partial charge in [0.25, 0.3) is 0 Å². The van der Waals surface area contributed by atoms with Crippen molar-refractivity contribution in [3.63, 3.8) is 0 Å². The Morgan fingerprint density at radius 3 is 2.83 bits per heavy atom. The van der Waals surface area contributed by atoms with E-state index in [1.165, 1.54) is 0 Å². The van der Waals surface area contributed by atoms with Crippen LogP contribution in [0.5, 0.6) is 0 Å². The molecule has 0 fully saturated rings. The van der Waals surface area contributed by atoms with Crippen LogP contribution >= 0.6 is 27.3 Å². The Bertz CT molecular complexity index is 695. The van der Waals surface area contributed by atoms with Crippen molar-refractivity contribution in [2.75, 3.05) is 12.4 Å². The third-order valence-electron chi connectivity index (χ3n) is 2.64. The topological polar surface area (TPSA) is 37.8 Å². The number of rotatable bonds is 2. The maximum atomic E-state index is 4.61. The minimum atomic E-state index is 0.768. The SMILES string of the molecule is CNc1nc(-c2cccs2)nc2ccc(Br)cc12. The van der Waals surface area contributed by atoms with E-state index < -0.39 is 0 Å². The van der Waals surface area contributed by atoms with Crippen molar-refractivity contribution < 1.29 is 0 Å². The van der Waals surface area contributed by atoms with Crippen LogP contribution < -0.4 is 5.32 Å². The fraction of sp³-hybridized carbons (Fsp3) is 0.0769. The summed E-state index contributed by atoms with van der Waals surface area (Å²) in [4.78, 5) is 10.3. The van der Waals surface area contributed by atoms with E-state index in [2.05, 4.69) is 31.2 Å². The standard InChI is InChI=1S/C13H10BrN3S/c1-15-12-9-7-8(14)4-5-10(9)16-13(17-12)11-3-2-6-18-11/h2-7H,1H3,(H,15,16,17). The molecule has 0 spiro atoms. The van der Waals surface area contributed by atoms with Gasteiger partial charge in [0.2, 0.25) is 0 Å². The van der Waals surface area contributed by atoms with E-state index in [0.29, 0.717) is 0 Å². The first-order valence-electron chi connectivity index (χ1n) is 5.47. The number of benzene rings is 1. The zero-order chi connectivity index (χ0) is 12.5. The number of anilines is 1. The monoisotopic (exact) mass is 319 g/mol. The predicted molar refractivity (Wildman–Crippen MR) is 80.1 cm³/mol. The van der Waals surface area contributed by atoms with Crippen molar-refractivity contribution in [1.82, 2.24) is 9.97 Å². The first-order valence-corrected chi connectivity index (χ1v) is 7.14. The van der Waals surface area contributed by atoms with Crippen molar-refractivity contribution in [3.8, 4) is 10.7 Å². The number of thiophene rings is 1. The van der Waals surface area contributed by atoms with Gasteiger partial charge < -0.3 is 5.32 Å². The summed E-state index contributed by atoms with van der Waals surface area (Å²) in [7, 11) is 1.88. The highest BCUT2D eigenvalue weighted by Gasteiger charge is 2.09. The van der Waals surface area contributed by atoms with Crippen LogP contribution in [0.25, 0.3) is 21.6 Å². The van der Waals surface area contributed by atoms with Crippen LogP contribution in [-0.2, 0) is 0 Å². The van der Waals surface area contributed by atoms with Gasteiger partial charge in [-0.2, -0.15) is 0 Å². The second-order valence-electron chi connectivity index (χ2n) is 3.78. The van der Waals surface area contributed by atoms with Gasteiger partial charge in [-0.3, -0.25) is 0 Å². The van der Waals surface area contributed by atoms with E-state index in [9.17, 15) is 0 Å². The Balaban J connectivity index is 2.28. The normalized spacial score (nSPS) is 10.8. The Hall–Kier alpha value is -1.46. The molecule has 0 atom stereocenters. The molecule has 0 bridgehead atoms. The summed E-state index contributed by atoms with van der Waals surface area (Å²) in [6.07, 6.45) is 0. The molecule has 2 heterocycles. The van der Waals surface area contributed by atoms with Crippen LogP contribution in [0.15, 0.2) is 40.2 Å². The summed E-state index contributed by atoms with van der Waals surface area (Å²) in [5.41, 5.74) is 0.945. The fourth-order valence-electron chi connectivity index (χ4n) is 1.81. The van der Waals surface area contributed by atoms with E-state index in [0.717, 1.165) is 31.9 Å². The van der Waals surface area contributed by atoms with Gasteiger partial charge >= 0.3 is 0 Å². The Labute approximate surface area is 117 Å². The molecule has 5 heteroatoms. The molecule has 3 rings (SSSR count). The Morgan fingerprint density at radius 1 is 1.22 bits per heavy atom. The first kappa shape index (κ1) is 11.6. The highest BCUT2D eigenvalue weighted by Crippen LogP contribution is 2.28. The van der Waals surface area contributed by atoms with Crippen LogP contribution in [0, 0.1) is 0 Å².